The Hall–Kier alpha value is -4.46. The van der Waals surface area contributed by atoms with E-state index in [4.69, 9.17) is 0 Å². The van der Waals surface area contributed by atoms with Gasteiger partial charge >= 0.3 is 0 Å². The molecule has 0 atom stereocenters. The van der Waals surface area contributed by atoms with Gasteiger partial charge in [0.2, 0.25) is 0 Å². The summed E-state index contributed by atoms with van der Waals surface area (Å²) in [5, 5.41) is 5.17. The lowest BCUT2D eigenvalue weighted by atomic mass is 9.82. The zero-order valence-electron chi connectivity index (χ0n) is 21.2. The van der Waals surface area contributed by atoms with Crippen LogP contribution >= 0.6 is 15.9 Å². The lowest BCUT2D eigenvalue weighted by molar-refractivity contribution is 1.62. The van der Waals surface area contributed by atoms with Crippen LogP contribution in [0, 0.1) is 0 Å². The zero-order chi connectivity index (χ0) is 25.9. The molecular formula is C38H23Br. The first-order valence-corrected chi connectivity index (χ1v) is 14.1. The standard InChI is InChI=1S/C38H23Br/c39-32-23-22-31-35-30(21-20-27(36(32)35)24-12-4-1-5-13-24)37-33(25-14-6-2-7-15-25)28-18-10-11-19-29(28)34(38(31)37)26-16-8-3-9-17-26/h1-23H. The van der Waals surface area contributed by atoms with Crippen molar-refractivity contribution in [3.63, 3.8) is 0 Å². The molecule has 7 aromatic rings. The van der Waals surface area contributed by atoms with Gasteiger partial charge in [0.15, 0.2) is 0 Å². The average molecular weight is 560 g/mol. The number of hydrogen-bond acceptors (Lipinski definition) is 0. The van der Waals surface area contributed by atoms with Crippen LogP contribution in [-0.2, 0) is 0 Å². The van der Waals surface area contributed by atoms with E-state index in [-0.39, 0.29) is 0 Å². The van der Waals surface area contributed by atoms with Gasteiger partial charge in [-0.05, 0) is 77.9 Å². The van der Waals surface area contributed by atoms with Crippen molar-refractivity contribution in [2.24, 2.45) is 0 Å². The molecule has 0 N–H and O–H groups in total. The van der Waals surface area contributed by atoms with Crippen LogP contribution in [0.15, 0.2) is 144 Å². The number of hydrogen-bond donors (Lipinski definition) is 0. The first-order valence-electron chi connectivity index (χ1n) is 13.3. The molecule has 0 fully saturated rings. The zero-order valence-corrected chi connectivity index (χ0v) is 22.7. The molecule has 0 saturated carbocycles. The fourth-order valence-electron chi connectivity index (χ4n) is 6.52. The van der Waals surface area contributed by atoms with Crippen LogP contribution in [0.2, 0.25) is 0 Å². The molecule has 0 aliphatic heterocycles. The maximum absolute atomic E-state index is 3.96. The highest BCUT2D eigenvalue weighted by Gasteiger charge is 2.31. The van der Waals surface area contributed by atoms with Crippen LogP contribution in [0.5, 0.6) is 0 Å². The summed E-state index contributed by atoms with van der Waals surface area (Å²) in [6, 6.07) is 50.6. The molecule has 182 valence electrons. The second kappa shape index (κ2) is 8.80. The van der Waals surface area contributed by atoms with Crippen molar-refractivity contribution in [3.8, 4) is 55.6 Å². The monoisotopic (exact) mass is 558 g/mol. The Morgan fingerprint density at radius 2 is 0.718 bits per heavy atom. The molecule has 0 unspecified atom stereocenters. The quantitative estimate of drug-likeness (QED) is 0.202. The molecule has 0 saturated heterocycles. The molecule has 0 aromatic heterocycles. The fourth-order valence-corrected chi connectivity index (χ4v) is 7.06. The van der Waals surface area contributed by atoms with Crippen molar-refractivity contribution < 1.29 is 0 Å². The number of fused-ring (bicyclic) bond motifs is 4. The van der Waals surface area contributed by atoms with E-state index < -0.39 is 0 Å². The lowest BCUT2D eigenvalue weighted by Gasteiger charge is -2.20. The summed E-state index contributed by atoms with van der Waals surface area (Å²) in [4.78, 5) is 0. The van der Waals surface area contributed by atoms with Gasteiger partial charge in [-0.25, -0.2) is 0 Å². The summed E-state index contributed by atoms with van der Waals surface area (Å²) in [6.07, 6.45) is 0. The molecule has 0 heterocycles. The van der Waals surface area contributed by atoms with Crippen molar-refractivity contribution in [2.75, 3.05) is 0 Å². The first-order chi connectivity index (χ1) is 19.3. The molecule has 7 aromatic carbocycles. The van der Waals surface area contributed by atoms with Crippen LogP contribution in [0.4, 0.5) is 0 Å². The summed E-state index contributed by atoms with van der Waals surface area (Å²) in [5.74, 6) is 0. The number of halogens is 1. The van der Waals surface area contributed by atoms with Gasteiger partial charge in [0.1, 0.15) is 0 Å². The highest BCUT2D eigenvalue weighted by Crippen LogP contribution is 2.59. The van der Waals surface area contributed by atoms with Crippen molar-refractivity contribution in [1.29, 1.82) is 0 Å². The maximum Gasteiger partial charge on any atom is 0.0260 e. The van der Waals surface area contributed by atoms with Crippen molar-refractivity contribution in [2.45, 2.75) is 0 Å². The Balaban J connectivity index is 1.61. The largest absolute Gasteiger partial charge is 0.0622 e. The van der Waals surface area contributed by atoms with E-state index in [0.29, 0.717) is 0 Å². The van der Waals surface area contributed by atoms with E-state index in [9.17, 15) is 0 Å². The molecule has 39 heavy (non-hydrogen) atoms. The highest BCUT2D eigenvalue weighted by atomic mass is 79.9. The molecule has 1 heteroatoms. The molecule has 1 aliphatic rings. The molecular weight excluding hydrogens is 536 g/mol. The lowest BCUT2D eigenvalue weighted by Crippen LogP contribution is -1.93. The highest BCUT2D eigenvalue weighted by molar-refractivity contribution is 9.10. The van der Waals surface area contributed by atoms with Gasteiger partial charge in [-0.1, -0.05) is 149 Å². The second-order valence-electron chi connectivity index (χ2n) is 10.1. The average Bonchev–Trinajstić information content (AvgIpc) is 3.33. The normalized spacial score (nSPS) is 11.7. The fraction of sp³-hybridized carbons (Fsp3) is 0. The minimum absolute atomic E-state index is 1.13. The van der Waals surface area contributed by atoms with E-state index in [0.717, 1.165) is 4.47 Å². The minimum Gasteiger partial charge on any atom is -0.0622 e. The van der Waals surface area contributed by atoms with Crippen LogP contribution in [0.1, 0.15) is 0 Å². The third-order valence-electron chi connectivity index (χ3n) is 8.07. The minimum atomic E-state index is 1.13. The SMILES string of the molecule is Brc1ccc2c3c(ccc(-c4ccccc4)c13)-c1c-2c(-c2ccccc2)c2ccccc2c1-c1ccccc1. The predicted molar refractivity (Wildman–Crippen MR) is 170 cm³/mol. The summed E-state index contributed by atoms with van der Waals surface area (Å²) in [6.45, 7) is 0. The Morgan fingerprint density at radius 3 is 1.23 bits per heavy atom. The molecule has 0 amide bonds. The smallest absolute Gasteiger partial charge is 0.0260 e. The molecule has 0 bridgehead atoms. The Bertz CT molecular complexity index is 1950. The van der Waals surface area contributed by atoms with E-state index in [2.05, 4.69) is 155 Å². The summed E-state index contributed by atoms with van der Waals surface area (Å²) in [5.41, 5.74) is 12.9. The third-order valence-corrected chi connectivity index (χ3v) is 8.73. The Morgan fingerprint density at radius 1 is 0.308 bits per heavy atom. The van der Waals surface area contributed by atoms with E-state index in [1.54, 1.807) is 0 Å². The second-order valence-corrected chi connectivity index (χ2v) is 11.0. The maximum atomic E-state index is 3.96. The predicted octanol–water partition coefficient (Wildman–Crippen LogP) is 11.4. The molecule has 0 nitrogen and oxygen atoms in total. The van der Waals surface area contributed by atoms with Gasteiger partial charge in [0.25, 0.3) is 0 Å². The van der Waals surface area contributed by atoms with E-state index in [1.165, 1.54) is 77.2 Å². The first kappa shape index (κ1) is 22.5. The Labute approximate surface area is 236 Å². The van der Waals surface area contributed by atoms with Crippen molar-refractivity contribution in [3.05, 3.63) is 144 Å². The van der Waals surface area contributed by atoms with Gasteiger partial charge in [-0.3, -0.25) is 0 Å². The van der Waals surface area contributed by atoms with Gasteiger partial charge in [0, 0.05) is 9.86 Å². The molecule has 8 rings (SSSR count). The summed E-state index contributed by atoms with van der Waals surface area (Å²) in [7, 11) is 0. The molecule has 0 spiro atoms. The van der Waals surface area contributed by atoms with Gasteiger partial charge < -0.3 is 0 Å². The summed E-state index contributed by atoms with van der Waals surface area (Å²) < 4.78 is 1.13. The van der Waals surface area contributed by atoms with Crippen molar-refractivity contribution >= 4 is 37.5 Å². The summed E-state index contributed by atoms with van der Waals surface area (Å²) >= 11 is 3.96. The third kappa shape index (κ3) is 3.30. The van der Waals surface area contributed by atoms with Crippen LogP contribution in [-0.4, -0.2) is 0 Å². The van der Waals surface area contributed by atoms with E-state index >= 15 is 0 Å². The van der Waals surface area contributed by atoms with Gasteiger partial charge in [0.05, 0.1) is 0 Å². The van der Waals surface area contributed by atoms with E-state index in [1.807, 2.05) is 0 Å². The molecule has 0 radical (unpaired) electrons. The van der Waals surface area contributed by atoms with Crippen LogP contribution in [0.25, 0.3) is 77.2 Å². The number of rotatable bonds is 3. The van der Waals surface area contributed by atoms with Crippen LogP contribution < -0.4 is 0 Å². The van der Waals surface area contributed by atoms with Gasteiger partial charge in [-0.2, -0.15) is 0 Å². The van der Waals surface area contributed by atoms with Crippen LogP contribution in [0.3, 0.4) is 0 Å². The Kier molecular flexibility index (Phi) is 5.08. The topological polar surface area (TPSA) is 0 Å². The molecule has 1 aliphatic carbocycles. The van der Waals surface area contributed by atoms with Crippen molar-refractivity contribution in [1.82, 2.24) is 0 Å². The van der Waals surface area contributed by atoms with Gasteiger partial charge in [-0.15, -0.1) is 0 Å². The number of benzene rings is 7.